The average Bonchev–Trinajstić information content (AvgIpc) is 2.16. The third-order valence-corrected chi connectivity index (χ3v) is 1.53. The molecule has 90 valence electrons. The number of rotatable bonds is 3. The molecule has 0 aromatic heterocycles. The Kier molecular flexibility index (Phi) is 3.95. The van der Waals surface area contributed by atoms with Gasteiger partial charge < -0.3 is 19.3 Å². The quantitative estimate of drug-likeness (QED) is 0.578. The van der Waals surface area contributed by atoms with Gasteiger partial charge in [0.15, 0.2) is 0 Å². The number of hydrogen-bond acceptors (Lipinski definition) is 5. The van der Waals surface area contributed by atoms with Crippen LogP contribution < -0.4 is 0 Å². The van der Waals surface area contributed by atoms with Gasteiger partial charge in [0, 0.05) is 6.08 Å². The van der Waals surface area contributed by atoms with Crippen LogP contribution in [-0.4, -0.2) is 29.6 Å². The molecule has 1 unspecified atom stereocenters. The van der Waals surface area contributed by atoms with Gasteiger partial charge in [-0.25, -0.2) is 4.79 Å². The number of aliphatic hydroxyl groups is 1. The number of carbonyl (C=O) groups excluding carboxylic acids is 1. The summed E-state index contributed by atoms with van der Waals surface area (Å²) in [6.07, 6.45) is 3.32. The lowest BCUT2D eigenvalue weighted by atomic mass is 10.2. The van der Waals surface area contributed by atoms with Gasteiger partial charge in [-0.05, 0) is 26.8 Å². The topological polar surface area (TPSA) is 65.0 Å². The summed E-state index contributed by atoms with van der Waals surface area (Å²) < 4.78 is 14.8. The van der Waals surface area contributed by atoms with Crippen LogP contribution in [0.2, 0.25) is 0 Å². The van der Waals surface area contributed by atoms with Crippen molar-refractivity contribution in [3.8, 4) is 0 Å². The van der Waals surface area contributed by atoms with Crippen LogP contribution in [0.15, 0.2) is 24.2 Å². The molecular weight excluding hydrogens is 212 g/mol. The monoisotopic (exact) mass is 228 g/mol. The molecule has 1 heterocycles. The molecule has 0 aromatic carbocycles. The summed E-state index contributed by atoms with van der Waals surface area (Å²) in [5, 5.41) is 9.39. The Balaban J connectivity index is 2.45. The van der Waals surface area contributed by atoms with Gasteiger partial charge in [0.2, 0.25) is 0 Å². The molecule has 0 saturated heterocycles. The molecule has 0 fully saturated rings. The van der Waals surface area contributed by atoms with E-state index in [1.54, 1.807) is 32.9 Å². The average molecular weight is 228 g/mol. The van der Waals surface area contributed by atoms with Crippen molar-refractivity contribution in [1.29, 1.82) is 0 Å². The van der Waals surface area contributed by atoms with Gasteiger partial charge in [-0.2, -0.15) is 0 Å². The Bertz CT molecular complexity index is 311. The fourth-order valence-corrected chi connectivity index (χ4v) is 0.964. The molecule has 1 rings (SSSR count). The molecule has 1 aliphatic heterocycles. The van der Waals surface area contributed by atoms with Crippen molar-refractivity contribution in [1.82, 2.24) is 0 Å². The first-order valence-corrected chi connectivity index (χ1v) is 4.96. The summed E-state index contributed by atoms with van der Waals surface area (Å²) >= 11 is 0. The summed E-state index contributed by atoms with van der Waals surface area (Å²) in [6, 6.07) is 0. The molecule has 1 aliphatic rings. The van der Waals surface area contributed by atoms with Gasteiger partial charge >= 0.3 is 5.97 Å². The highest BCUT2D eigenvalue weighted by Crippen LogP contribution is 2.12. The van der Waals surface area contributed by atoms with E-state index in [0.717, 1.165) is 0 Å². The predicted molar refractivity (Wildman–Crippen MR) is 56.1 cm³/mol. The van der Waals surface area contributed by atoms with Crippen LogP contribution in [0, 0.1) is 0 Å². The number of ether oxygens (including phenoxy) is 3. The minimum atomic E-state index is -1.67. The van der Waals surface area contributed by atoms with Crippen LogP contribution in [0.4, 0.5) is 0 Å². The number of esters is 1. The van der Waals surface area contributed by atoms with Gasteiger partial charge in [-0.3, -0.25) is 0 Å². The molecule has 0 bridgehead atoms. The first-order valence-electron chi connectivity index (χ1n) is 4.96. The zero-order valence-corrected chi connectivity index (χ0v) is 9.60. The fourth-order valence-electron chi connectivity index (χ4n) is 0.964. The number of allylic oxidation sites excluding steroid dienone is 2. The fraction of sp³-hybridized carbons (Fsp3) is 0.545. The maximum atomic E-state index is 11.3. The normalized spacial score (nSPS) is 17.1. The van der Waals surface area contributed by atoms with Crippen molar-refractivity contribution < 1.29 is 24.1 Å². The van der Waals surface area contributed by atoms with Gasteiger partial charge in [0.1, 0.15) is 12.2 Å². The Labute approximate surface area is 94.3 Å². The van der Waals surface area contributed by atoms with E-state index in [1.165, 1.54) is 6.08 Å². The van der Waals surface area contributed by atoms with E-state index < -0.39 is 17.9 Å². The third kappa shape index (κ3) is 4.35. The predicted octanol–water partition coefficient (Wildman–Crippen LogP) is 1.09. The van der Waals surface area contributed by atoms with E-state index in [0.29, 0.717) is 6.61 Å². The Morgan fingerprint density at radius 2 is 2.25 bits per heavy atom. The Morgan fingerprint density at radius 1 is 1.56 bits per heavy atom. The van der Waals surface area contributed by atoms with E-state index in [1.807, 2.05) is 0 Å². The lowest BCUT2D eigenvalue weighted by molar-refractivity contribution is -0.194. The largest absolute Gasteiger partial charge is 0.461 e. The van der Waals surface area contributed by atoms with Crippen LogP contribution in [0.25, 0.3) is 0 Å². The molecular formula is C11H16O5. The molecule has 0 amide bonds. The van der Waals surface area contributed by atoms with E-state index in [-0.39, 0.29) is 5.95 Å². The van der Waals surface area contributed by atoms with Crippen LogP contribution >= 0.6 is 0 Å². The number of aliphatic hydroxyl groups excluding tert-OH is 1. The number of hydrogen-bond donors (Lipinski definition) is 1. The summed E-state index contributed by atoms with van der Waals surface area (Å²) in [5.41, 5.74) is -0.664. The van der Waals surface area contributed by atoms with E-state index in [9.17, 15) is 9.90 Å². The minimum Gasteiger partial charge on any atom is -0.461 e. The van der Waals surface area contributed by atoms with Crippen molar-refractivity contribution >= 4 is 5.97 Å². The smallest absolute Gasteiger partial charge is 0.376 e. The van der Waals surface area contributed by atoms with Crippen LogP contribution in [-0.2, 0) is 19.0 Å². The summed E-state index contributed by atoms with van der Waals surface area (Å²) in [5.74, 6) is -0.743. The first kappa shape index (κ1) is 12.6. The van der Waals surface area contributed by atoms with Crippen molar-refractivity contribution in [2.45, 2.75) is 32.7 Å². The molecule has 16 heavy (non-hydrogen) atoms. The summed E-state index contributed by atoms with van der Waals surface area (Å²) in [6.45, 7) is 5.47. The second-order valence-corrected chi connectivity index (χ2v) is 4.23. The molecule has 0 aliphatic carbocycles. The molecule has 0 saturated carbocycles. The number of carbonyl (C=O) groups is 1. The molecule has 5 nitrogen and oxygen atoms in total. The van der Waals surface area contributed by atoms with Crippen LogP contribution in [0.1, 0.15) is 20.8 Å². The van der Waals surface area contributed by atoms with Crippen molar-refractivity contribution in [2.24, 2.45) is 0 Å². The summed E-state index contributed by atoms with van der Waals surface area (Å²) in [7, 11) is 0. The Hall–Kier alpha value is -1.49. The van der Waals surface area contributed by atoms with Crippen LogP contribution in [0.3, 0.4) is 0 Å². The standard InChI is InChI=1S/C11H16O5/c1-11(2,3)16-10(13)9(12)15-8-6-4-5-7-14-8/h4-6,9,12H,7H2,1-3H3. The van der Waals surface area contributed by atoms with Gasteiger partial charge in [-0.1, -0.05) is 6.08 Å². The summed E-state index contributed by atoms with van der Waals surface area (Å²) in [4.78, 5) is 11.3. The molecule has 1 N–H and O–H groups in total. The lowest BCUT2D eigenvalue weighted by Gasteiger charge is -2.22. The van der Waals surface area contributed by atoms with E-state index >= 15 is 0 Å². The zero-order chi connectivity index (χ0) is 12.2. The first-order chi connectivity index (χ1) is 7.38. The van der Waals surface area contributed by atoms with Crippen molar-refractivity contribution in [3.63, 3.8) is 0 Å². The zero-order valence-electron chi connectivity index (χ0n) is 9.60. The molecule has 5 heteroatoms. The maximum Gasteiger partial charge on any atom is 0.376 e. The molecule has 1 atom stereocenters. The second kappa shape index (κ2) is 5.03. The third-order valence-electron chi connectivity index (χ3n) is 1.53. The van der Waals surface area contributed by atoms with Crippen molar-refractivity contribution in [3.05, 3.63) is 24.2 Å². The van der Waals surface area contributed by atoms with Gasteiger partial charge in [0.05, 0.1) is 0 Å². The minimum absolute atomic E-state index is 0.0980. The second-order valence-electron chi connectivity index (χ2n) is 4.23. The highest BCUT2D eigenvalue weighted by molar-refractivity contribution is 5.73. The SMILES string of the molecule is CC(C)(C)OC(=O)C(O)OC1=CC=CCO1. The van der Waals surface area contributed by atoms with E-state index in [2.05, 4.69) is 0 Å². The molecule has 0 radical (unpaired) electrons. The highest BCUT2D eigenvalue weighted by atomic mass is 16.7. The molecule has 0 aromatic rings. The maximum absolute atomic E-state index is 11.3. The van der Waals surface area contributed by atoms with Crippen molar-refractivity contribution in [2.75, 3.05) is 6.61 Å². The molecule has 0 spiro atoms. The van der Waals surface area contributed by atoms with Crippen LogP contribution in [0.5, 0.6) is 0 Å². The van der Waals surface area contributed by atoms with Gasteiger partial charge in [0.25, 0.3) is 12.2 Å². The van der Waals surface area contributed by atoms with Gasteiger partial charge in [-0.15, -0.1) is 0 Å². The highest BCUT2D eigenvalue weighted by Gasteiger charge is 2.25. The Morgan fingerprint density at radius 3 is 2.75 bits per heavy atom. The van der Waals surface area contributed by atoms with E-state index in [4.69, 9.17) is 14.2 Å². The lowest BCUT2D eigenvalue weighted by Crippen LogP contribution is -2.33.